The van der Waals surface area contributed by atoms with E-state index < -0.39 is 34.4 Å². The largest absolute Gasteiger partial charge is 0.483 e. The maximum Gasteiger partial charge on any atom is 0.325 e. The first-order valence-corrected chi connectivity index (χ1v) is 12.1. The zero-order valence-electron chi connectivity index (χ0n) is 17.1. The summed E-state index contributed by atoms with van der Waals surface area (Å²) in [5.74, 6) is -1.86. The highest BCUT2D eigenvalue weighted by atomic mass is 35.5. The average Bonchev–Trinajstić information content (AvgIpc) is 3.10. The smallest absolute Gasteiger partial charge is 0.325 e. The van der Waals surface area contributed by atoms with Crippen molar-refractivity contribution in [3.8, 4) is 5.75 Å². The molecule has 0 aromatic heterocycles. The zero-order chi connectivity index (χ0) is 24.9. The number of aliphatic carboxylic acids is 1. The van der Waals surface area contributed by atoms with Crippen LogP contribution in [0, 0.1) is 0 Å². The van der Waals surface area contributed by atoms with E-state index >= 15 is 0 Å². The summed E-state index contributed by atoms with van der Waals surface area (Å²) in [6, 6.07) is 9.89. The lowest BCUT2D eigenvalue weighted by atomic mass is 10.2. The predicted molar refractivity (Wildman–Crippen MR) is 127 cm³/mol. The fourth-order valence-corrected chi connectivity index (χ4v) is 4.12. The third-order valence-electron chi connectivity index (χ3n) is 4.09. The van der Waals surface area contributed by atoms with Gasteiger partial charge in [0.1, 0.15) is 12.3 Å². The Labute approximate surface area is 203 Å². The predicted octanol–water partition coefficient (Wildman–Crippen LogP) is 1.65. The molecular weight excluding hydrogens is 508 g/mol. The van der Waals surface area contributed by atoms with Crippen molar-refractivity contribution in [3.63, 3.8) is 0 Å². The van der Waals surface area contributed by atoms with E-state index in [1.165, 1.54) is 42.5 Å². The second-order valence-electron chi connectivity index (χ2n) is 6.67. The number of anilines is 1. The van der Waals surface area contributed by atoms with Gasteiger partial charge < -0.3 is 20.5 Å². The van der Waals surface area contributed by atoms with Crippen LogP contribution in [0.1, 0.15) is 5.56 Å². The molecule has 14 heteroatoms. The number of sulfonamides is 1. The molecule has 0 atom stereocenters. The molecule has 0 aliphatic carbocycles. The van der Waals surface area contributed by atoms with Gasteiger partial charge in [0.15, 0.2) is 11.8 Å². The van der Waals surface area contributed by atoms with Gasteiger partial charge in [0.2, 0.25) is 10.0 Å². The number of benzene rings is 2. The number of carbonyl (C=O) groups excluding carboxylic acids is 2. The number of nitrogens with zero attached hydrogens (tertiary/aromatic N) is 1. The first-order chi connectivity index (χ1) is 16.0. The number of aliphatic imine (C=N–C) groups is 1. The second-order valence-corrected chi connectivity index (χ2v) is 9.70. The van der Waals surface area contributed by atoms with E-state index in [1.807, 2.05) is 0 Å². The fraction of sp³-hybridized carbons (Fsp3) is 0.100. The lowest BCUT2D eigenvalue weighted by molar-refractivity contribution is -0.135. The molecular formula is C20H17ClN4O7S2. The van der Waals surface area contributed by atoms with Gasteiger partial charge in [-0.25, -0.2) is 13.6 Å². The third-order valence-corrected chi connectivity index (χ3v) is 6.20. The Morgan fingerprint density at radius 3 is 2.59 bits per heavy atom. The monoisotopic (exact) mass is 524 g/mol. The number of carboxylic acid groups (broad SMARTS) is 1. The van der Waals surface area contributed by atoms with Crippen LogP contribution in [0.15, 0.2) is 57.3 Å². The Balaban J connectivity index is 1.69. The number of amidine groups is 1. The first kappa shape index (κ1) is 25.2. The lowest BCUT2D eigenvalue weighted by Crippen LogP contribution is -2.21. The van der Waals surface area contributed by atoms with Crippen LogP contribution in [-0.2, 0) is 24.4 Å². The summed E-state index contributed by atoms with van der Waals surface area (Å²) in [4.78, 5) is 39.0. The van der Waals surface area contributed by atoms with E-state index in [1.54, 1.807) is 6.07 Å². The summed E-state index contributed by atoms with van der Waals surface area (Å²) in [6.07, 6.45) is 1.48. The number of rotatable bonds is 8. The Bertz CT molecular complexity index is 1310. The van der Waals surface area contributed by atoms with Crippen LogP contribution in [0.3, 0.4) is 0 Å². The van der Waals surface area contributed by atoms with Crippen molar-refractivity contribution >= 4 is 68.1 Å². The Hall–Kier alpha value is -3.39. The van der Waals surface area contributed by atoms with Crippen LogP contribution in [0.5, 0.6) is 5.75 Å². The molecule has 34 heavy (non-hydrogen) atoms. The van der Waals surface area contributed by atoms with Crippen LogP contribution in [0.2, 0.25) is 5.02 Å². The standard InChI is InChI=1S/C20H17ClN4O7S2/c21-12-1-6-15(11(7-12)8-16-19(29)25-20(33-16)23-9-18(27)28)32-10-17(26)24-13-2-4-14(5-3-13)34(22,30)31/h1-8H,9-10H2,(H,24,26)(H,27,28)(H2,22,30,31)(H,23,25,29)/b16-8+. The van der Waals surface area contributed by atoms with E-state index in [0.717, 1.165) is 11.8 Å². The van der Waals surface area contributed by atoms with Gasteiger partial charge in [0.25, 0.3) is 11.8 Å². The Morgan fingerprint density at radius 2 is 1.94 bits per heavy atom. The van der Waals surface area contributed by atoms with Gasteiger partial charge in [-0.15, -0.1) is 0 Å². The molecule has 0 unspecified atom stereocenters. The SMILES string of the molecule is NS(=O)(=O)c1ccc(NC(=O)COc2ccc(Cl)cc2/C=C2/SC(=NCC(=O)O)NC2=O)cc1. The third kappa shape index (κ3) is 7.05. The topological polar surface area (TPSA) is 177 Å². The fourth-order valence-electron chi connectivity index (χ4n) is 2.61. The lowest BCUT2D eigenvalue weighted by Gasteiger charge is -2.11. The molecule has 2 aromatic rings. The first-order valence-electron chi connectivity index (χ1n) is 9.33. The minimum absolute atomic E-state index is 0.0921. The van der Waals surface area contributed by atoms with Crippen LogP contribution >= 0.6 is 23.4 Å². The van der Waals surface area contributed by atoms with Crippen LogP contribution in [0.4, 0.5) is 5.69 Å². The summed E-state index contributed by atoms with van der Waals surface area (Å²) in [5, 5.41) is 19.3. The molecule has 5 N–H and O–H groups in total. The number of carbonyl (C=O) groups is 3. The van der Waals surface area contributed by atoms with E-state index in [2.05, 4.69) is 15.6 Å². The summed E-state index contributed by atoms with van der Waals surface area (Å²) >= 11 is 7.01. The molecule has 178 valence electrons. The highest BCUT2D eigenvalue weighted by Crippen LogP contribution is 2.31. The van der Waals surface area contributed by atoms with Crippen molar-refractivity contribution in [3.05, 3.63) is 58.0 Å². The van der Waals surface area contributed by atoms with E-state index in [4.69, 9.17) is 26.6 Å². The number of amides is 2. The van der Waals surface area contributed by atoms with Crippen LogP contribution in [-0.4, -0.2) is 49.6 Å². The maximum absolute atomic E-state index is 12.3. The van der Waals surface area contributed by atoms with Crippen molar-refractivity contribution in [2.75, 3.05) is 18.5 Å². The summed E-state index contributed by atoms with van der Waals surface area (Å²) in [6.45, 7) is -0.874. The van der Waals surface area contributed by atoms with Crippen molar-refractivity contribution in [2.24, 2.45) is 10.1 Å². The number of thioether (sulfide) groups is 1. The van der Waals surface area contributed by atoms with Crippen molar-refractivity contribution < 1.29 is 32.6 Å². The minimum Gasteiger partial charge on any atom is -0.483 e. The molecule has 1 aliphatic heterocycles. The average molecular weight is 525 g/mol. The summed E-state index contributed by atoms with van der Waals surface area (Å²) in [7, 11) is -3.84. The Morgan fingerprint density at radius 1 is 1.24 bits per heavy atom. The van der Waals surface area contributed by atoms with Gasteiger partial charge in [-0.3, -0.25) is 19.4 Å². The summed E-state index contributed by atoms with van der Waals surface area (Å²) in [5.41, 5.74) is 0.751. The molecule has 1 fully saturated rings. The molecule has 0 saturated carbocycles. The van der Waals surface area contributed by atoms with Gasteiger partial charge in [0.05, 0.1) is 9.80 Å². The normalized spacial score (nSPS) is 15.9. The quantitative estimate of drug-likeness (QED) is 0.376. The number of ether oxygens (including phenoxy) is 1. The maximum atomic E-state index is 12.3. The molecule has 11 nitrogen and oxygen atoms in total. The molecule has 2 amide bonds. The highest BCUT2D eigenvalue weighted by Gasteiger charge is 2.24. The van der Waals surface area contributed by atoms with Gasteiger partial charge in [-0.2, -0.15) is 0 Å². The molecule has 1 aliphatic rings. The van der Waals surface area contributed by atoms with E-state index in [-0.39, 0.29) is 27.3 Å². The number of halogens is 1. The van der Waals surface area contributed by atoms with Gasteiger partial charge in [-0.05, 0) is 60.3 Å². The number of carboxylic acids is 1. The molecule has 1 saturated heterocycles. The highest BCUT2D eigenvalue weighted by molar-refractivity contribution is 8.18. The molecule has 0 bridgehead atoms. The molecule has 1 heterocycles. The van der Waals surface area contributed by atoms with Gasteiger partial charge in [0, 0.05) is 16.3 Å². The van der Waals surface area contributed by atoms with E-state index in [9.17, 15) is 22.8 Å². The van der Waals surface area contributed by atoms with Crippen molar-refractivity contribution in [1.29, 1.82) is 0 Å². The van der Waals surface area contributed by atoms with E-state index in [0.29, 0.717) is 16.3 Å². The van der Waals surface area contributed by atoms with Gasteiger partial charge >= 0.3 is 5.97 Å². The number of nitrogens with one attached hydrogen (secondary N) is 2. The van der Waals surface area contributed by atoms with Crippen molar-refractivity contribution in [2.45, 2.75) is 4.90 Å². The Kier molecular flexibility index (Phi) is 7.94. The number of primary sulfonamides is 1. The second kappa shape index (κ2) is 10.7. The molecule has 0 spiro atoms. The minimum atomic E-state index is -3.84. The van der Waals surface area contributed by atoms with Crippen LogP contribution in [0.25, 0.3) is 6.08 Å². The molecule has 3 rings (SSSR count). The summed E-state index contributed by atoms with van der Waals surface area (Å²) < 4.78 is 28.2. The number of nitrogens with two attached hydrogens (primary N) is 1. The van der Waals surface area contributed by atoms with Gasteiger partial charge in [-0.1, -0.05) is 11.6 Å². The van der Waals surface area contributed by atoms with Crippen molar-refractivity contribution in [1.82, 2.24) is 5.32 Å². The zero-order valence-corrected chi connectivity index (χ0v) is 19.5. The van der Waals surface area contributed by atoms with Crippen LogP contribution < -0.4 is 20.5 Å². The molecule has 0 radical (unpaired) electrons. The number of hydrogen-bond donors (Lipinski definition) is 4. The molecule has 2 aromatic carbocycles. The number of hydrogen-bond acceptors (Lipinski definition) is 8.